The number of ether oxygens (including phenoxy) is 2. The molecule has 0 amide bonds. The van der Waals surface area contributed by atoms with Gasteiger partial charge in [-0.2, -0.15) is 0 Å². The summed E-state index contributed by atoms with van der Waals surface area (Å²) in [6.07, 6.45) is 1.39. The molecule has 4 aromatic rings. The number of nitrogens with zero attached hydrogens (tertiary/aromatic N) is 1. The van der Waals surface area contributed by atoms with Gasteiger partial charge >= 0.3 is 0 Å². The second-order valence-electron chi connectivity index (χ2n) is 7.23. The summed E-state index contributed by atoms with van der Waals surface area (Å²) in [5, 5.41) is 1.54. The fourth-order valence-corrected chi connectivity index (χ4v) is 4.48. The van der Waals surface area contributed by atoms with Crippen LogP contribution in [0.3, 0.4) is 0 Å². The second kappa shape index (κ2) is 8.82. The zero-order valence-corrected chi connectivity index (χ0v) is 19.0. The van der Waals surface area contributed by atoms with E-state index in [1.54, 1.807) is 11.7 Å². The van der Waals surface area contributed by atoms with Crippen molar-refractivity contribution in [2.75, 3.05) is 7.11 Å². The normalized spacial score (nSPS) is 10.8. The van der Waals surface area contributed by atoms with Crippen LogP contribution in [-0.4, -0.2) is 11.7 Å². The van der Waals surface area contributed by atoms with E-state index in [0.717, 1.165) is 38.0 Å². The number of pyridine rings is 1. The third-order valence-electron chi connectivity index (χ3n) is 5.22. The summed E-state index contributed by atoms with van der Waals surface area (Å²) in [6.45, 7) is 6.08. The van der Waals surface area contributed by atoms with Gasteiger partial charge in [0.15, 0.2) is 0 Å². The van der Waals surface area contributed by atoms with E-state index in [-0.39, 0.29) is 5.56 Å². The monoisotopic (exact) mass is 475 g/mol. The number of benzene rings is 3. The van der Waals surface area contributed by atoms with Crippen molar-refractivity contribution in [3.05, 3.63) is 106 Å². The van der Waals surface area contributed by atoms with Gasteiger partial charge in [-0.3, -0.25) is 4.79 Å². The van der Waals surface area contributed by atoms with Crippen LogP contribution in [0, 0.1) is 6.92 Å². The molecule has 0 aliphatic rings. The van der Waals surface area contributed by atoms with Gasteiger partial charge in [0.25, 0.3) is 5.56 Å². The Kier molecular flexibility index (Phi) is 5.96. The van der Waals surface area contributed by atoms with Gasteiger partial charge in [0.05, 0.1) is 30.1 Å². The Balaban J connectivity index is 2.02. The van der Waals surface area contributed by atoms with Gasteiger partial charge in [-0.1, -0.05) is 48.5 Å². The summed E-state index contributed by atoms with van der Waals surface area (Å²) in [6, 6.07) is 21.3. The van der Waals surface area contributed by atoms with Gasteiger partial charge in [-0.15, -0.1) is 0 Å². The lowest BCUT2D eigenvalue weighted by molar-refractivity contribution is 0.414. The second-order valence-corrected chi connectivity index (χ2v) is 8.02. The third kappa shape index (κ3) is 4.01. The fraction of sp³-hybridized carbons (Fsp3) is 0.115. The Morgan fingerprint density at radius 1 is 1.03 bits per heavy atom. The van der Waals surface area contributed by atoms with Gasteiger partial charge in [-0.25, -0.2) is 0 Å². The first-order valence-electron chi connectivity index (χ1n) is 9.86. The first-order chi connectivity index (χ1) is 15.0. The molecule has 0 spiro atoms. The molecule has 0 aliphatic heterocycles. The molecular weight excluding hydrogens is 454 g/mol. The molecule has 4 rings (SSSR count). The SMILES string of the molecule is C=COc1ccccc1-c1c(Br)c2ccc(C)cc2c(=O)n1Cc1ccc(OC)cc1. The van der Waals surface area contributed by atoms with Crippen LogP contribution in [0.1, 0.15) is 11.1 Å². The molecule has 31 heavy (non-hydrogen) atoms. The molecule has 0 saturated heterocycles. The first kappa shape index (κ1) is 20.9. The summed E-state index contributed by atoms with van der Waals surface area (Å²) in [7, 11) is 1.64. The Labute approximate surface area is 189 Å². The minimum absolute atomic E-state index is 0.0545. The topological polar surface area (TPSA) is 40.5 Å². The van der Waals surface area contributed by atoms with Crippen LogP contribution < -0.4 is 15.0 Å². The molecule has 0 unspecified atom stereocenters. The predicted molar refractivity (Wildman–Crippen MR) is 129 cm³/mol. The average molecular weight is 476 g/mol. The van der Waals surface area contributed by atoms with Gasteiger partial charge < -0.3 is 14.0 Å². The van der Waals surface area contributed by atoms with Crippen LogP contribution in [0.5, 0.6) is 11.5 Å². The highest BCUT2D eigenvalue weighted by molar-refractivity contribution is 9.10. The van der Waals surface area contributed by atoms with E-state index in [4.69, 9.17) is 9.47 Å². The molecule has 156 valence electrons. The van der Waals surface area contributed by atoms with E-state index < -0.39 is 0 Å². The van der Waals surface area contributed by atoms with Crippen molar-refractivity contribution in [1.29, 1.82) is 0 Å². The molecule has 0 aliphatic carbocycles. The van der Waals surface area contributed by atoms with E-state index in [1.165, 1.54) is 6.26 Å². The summed E-state index contributed by atoms with van der Waals surface area (Å²) in [4.78, 5) is 13.7. The van der Waals surface area contributed by atoms with Crippen molar-refractivity contribution in [2.24, 2.45) is 0 Å². The molecule has 0 N–H and O–H groups in total. The quantitative estimate of drug-likeness (QED) is 0.306. The maximum atomic E-state index is 13.7. The number of halogens is 1. The smallest absolute Gasteiger partial charge is 0.259 e. The maximum Gasteiger partial charge on any atom is 0.259 e. The molecule has 4 nitrogen and oxygen atoms in total. The van der Waals surface area contributed by atoms with Crippen molar-refractivity contribution >= 4 is 26.7 Å². The molecule has 3 aromatic carbocycles. The number of fused-ring (bicyclic) bond motifs is 1. The largest absolute Gasteiger partial charge is 0.497 e. The van der Waals surface area contributed by atoms with E-state index in [9.17, 15) is 4.79 Å². The van der Waals surface area contributed by atoms with Gasteiger partial charge in [0.2, 0.25) is 0 Å². The number of aromatic nitrogens is 1. The minimum atomic E-state index is -0.0545. The molecule has 0 saturated carbocycles. The minimum Gasteiger partial charge on any atom is -0.497 e. The Bertz CT molecular complexity index is 1320. The Hall–Kier alpha value is -3.31. The lowest BCUT2D eigenvalue weighted by Crippen LogP contribution is -2.23. The van der Waals surface area contributed by atoms with Crippen molar-refractivity contribution in [3.8, 4) is 22.8 Å². The van der Waals surface area contributed by atoms with Crippen molar-refractivity contribution in [3.63, 3.8) is 0 Å². The van der Waals surface area contributed by atoms with E-state index >= 15 is 0 Å². The van der Waals surface area contributed by atoms with Crippen LogP contribution in [-0.2, 0) is 6.54 Å². The number of methoxy groups -OCH3 is 1. The van der Waals surface area contributed by atoms with Crippen molar-refractivity contribution < 1.29 is 9.47 Å². The number of para-hydroxylation sites is 1. The van der Waals surface area contributed by atoms with E-state index in [2.05, 4.69) is 22.5 Å². The predicted octanol–water partition coefficient (Wildman–Crippen LogP) is 6.32. The lowest BCUT2D eigenvalue weighted by atomic mass is 10.0. The Morgan fingerprint density at radius 2 is 1.77 bits per heavy atom. The summed E-state index contributed by atoms with van der Waals surface area (Å²) in [5.41, 5.74) is 3.54. The van der Waals surface area contributed by atoms with Crippen LogP contribution in [0.25, 0.3) is 22.0 Å². The molecule has 5 heteroatoms. The number of hydrogen-bond donors (Lipinski definition) is 0. The molecule has 0 atom stereocenters. The fourth-order valence-electron chi connectivity index (χ4n) is 3.70. The third-order valence-corrected chi connectivity index (χ3v) is 6.02. The summed E-state index contributed by atoms with van der Waals surface area (Å²) < 4.78 is 13.6. The Morgan fingerprint density at radius 3 is 2.48 bits per heavy atom. The number of rotatable bonds is 6. The van der Waals surface area contributed by atoms with Crippen LogP contribution >= 0.6 is 15.9 Å². The standard InChI is InChI=1S/C26H22BrNO3/c1-4-31-23-8-6-5-7-21(23)25-24(27)20-14-9-17(2)15-22(20)26(29)28(25)16-18-10-12-19(30-3)13-11-18/h4-15H,1,16H2,2-3H3. The summed E-state index contributed by atoms with van der Waals surface area (Å²) >= 11 is 3.79. The molecule has 0 radical (unpaired) electrons. The molecule has 1 heterocycles. The highest BCUT2D eigenvalue weighted by atomic mass is 79.9. The van der Waals surface area contributed by atoms with E-state index in [1.807, 2.05) is 73.7 Å². The molecule has 0 fully saturated rings. The maximum absolute atomic E-state index is 13.7. The number of aryl methyl sites for hydroxylation is 1. The van der Waals surface area contributed by atoms with Gasteiger partial charge in [-0.05, 0) is 58.7 Å². The van der Waals surface area contributed by atoms with Gasteiger partial charge in [0.1, 0.15) is 11.5 Å². The van der Waals surface area contributed by atoms with Crippen LogP contribution in [0.4, 0.5) is 0 Å². The van der Waals surface area contributed by atoms with Crippen LogP contribution in [0.15, 0.2) is 88.8 Å². The molecular formula is C26H22BrNO3. The average Bonchev–Trinajstić information content (AvgIpc) is 2.79. The van der Waals surface area contributed by atoms with Crippen molar-refractivity contribution in [2.45, 2.75) is 13.5 Å². The summed E-state index contributed by atoms with van der Waals surface area (Å²) in [5.74, 6) is 1.41. The van der Waals surface area contributed by atoms with Gasteiger partial charge in [0, 0.05) is 16.3 Å². The highest BCUT2D eigenvalue weighted by Crippen LogP contribution is 2.38. The zero-order chi connectivity index (χ0) is 22.0. The van der Waals surface area contributed by atoms with Crippen LogP contribution in [0.2, 0.25) is 0 Å². The first-order valence-corrected chi connectivity index (χ1v) is 10.7. The highest BCUT2D eigenvalue weighted by Gasteiger charge is 2.20. The number of hydrogen-bond acceptors (Lipinski definition) is 3. The zero-order valence-electron chi connectivity index (χ0n) is 17.4. The van der Waals surface area contributed by atoms with E-state index in [0.29, 0.717) is 17.7 Å². The lowest BCUT2D eigenvalue weighted by Gasteiger charge is -2.19. The van der Waals surface area contributed by atoms with Crippen molar-refractivity contribution in [1.82, 2.24) is 4.57 Å². The molecule has 1 aromatic heterocycles. The molecule has 0 bridgehead atoms.